The molecule has 0 aromatic carbocycles. The number of hydrogen-bond acceptors (Lipinski definition) is 5. The zero-order chi connectivity index (χ0) is 14.8. The van der Waals surface area contributed by atoms with Gasteiger partial charge in [0, 0.05) is 19.0 Å². The van der Waals surface area contributed by atoms with Crippen molar-refractivity contribution in [3.63, 3.8) is 0 Å². The first kappa shape index (κ1) is 14.4. The van der Waals surface area contributed by atoms with Crippen LogP contribution in [-0.2, 0) is 31.9 Å². The van der Waals surface area contributed by atoms with Gasteiger partial charge in [-0.2, -0.15) is 0 Å². The molecule has 0 bridgehead atoms. The third kappa shape index (κ3) is 2.26. The molecule has 1 heterocycles. The summed E-state index contributed by atoms with van der Waals surface area (Å²) in [7, 11) is 0. The second-order valence-electron chi connectivity index (χ2n) is 4.64. The number of hydrogen-bond donors (Lipinski definition) is 0. The van der Waals surface area contributed by atoms with Gasteiger partial charge in [0.1, 0.15) is 5.82 Å². The molecule has 6 heteroatoms. The molecule has 1 aliphatic rings. The van der Waals surface area contributed by atoms with E-state index in [9.17, 15) is 14.0 Å². The lowest BCUT2D eigenvalue weighted by atomic mass is 9.84. The van der Waals surface area contributed by atoms with Crippen molar-refractivity contribution >= 4 is 11.9 Å². The van der Waals surface area contributed by atoms with Gasteiger partial charge >= 0.3 is 11.9 Å². The predicted molar refractivity (Wildman–Crippen MR) is 67.3 cm³/mol. The van der Waals surface area contributed by atoms with Crippen molar-refractivity contribution in [2.45, 2.75) is 26.7 Å². The zero-order valence-electron chi connectivity index (χ0n) is 11.4. The molecule has 1 aromatic heterocycles. The number of rotatable bonds is 4. The summed E-state index contributed by atoms with van der Waals surface area (Å²) in [5, 5.41) is 0. The first-order valence-corrected chi connectivity index (χ1v) is 6.51. The average Bonchev–Trinajstić information content (AvgIpc) is 2.82. The second-order valence-corrected chi connectivity index (χ2v) is 4.64. The Hall–Kier alpha value is -1.98. The molecule has 20 heavy (non-hydrogen) atoms. The summed E-state index contributed by atoms with van der Waals surface area (Å²) in [4.78, 5) is 28.1. The van der Waals surface area contributed by atoms with Gasteiger partial charge in [0.05, 0.1) is 19.4 Å². The van der Waals surface area contributed by atoms with Crippen molar-refractivity contribution < 1.29 is 23.5 Å². The van der Waals surface area contributed by atoms with Crippen LogP contribution in [0.1, 0.15) is 25.0 Å². The van der Waals surface area contributed by atoms with Crippen molar-refractivity contribution in [1.29, 1.82) is 0 Å². The number of ether oxygens (including phenoxy) is 2. The Morgan fingerprint density at radius 1 is 1.20 bits per heavy atom. The summed E-state index contributed by atoms with van der Waals surface area (Å²) < 4.78 is 23.7. The minimum absolute atomic E-state index is 0.0473. The van der Waals surface area contributed by atoms with E-state index in [1.54, 1.807) is 13.8 Å². The smallest absolute Gasteiger partial charge is 0.324 e. The number of aromatic nitrogens is 1. The zero-order valence-corrected chi connectivity index (χ0v) is 11.4. The molecule has 5 nitrogen and oxygen atoms in total. The molecule has 1 aromatic rings. The molecule has 0 unspecified atom stereocenters. The van der Waals surface area contributed by atoms with E-state index in [0.29, 0.717) is 11.1 Å². The molecule has 0 fully saturated rings. The number of esters is 2. The van der Waals surface area contributed by atoms with E-state index >= 15 is 0 Å². The number of halogens is 1. The molecule has 2 rings (SSSR count). The van der Waals surface area contributed by atoms with E-state index in [-0.39, 0.29) is 26.1 Å². The van der Waals surface area contributed by atoms with Crippen molar-refractivity contribution in [3.8, 4) is 0 Å². The molecule has 0 N–H and O–H groups in total. The van der Waals surface area contributed by atoms with Crippen LogP contribution in [0.25, 0.3) is 0 Å². The highest BCUT2D eigenvalue weighted by molar-refractivity contribution is 6.01. The largest absolute Gasteiger partial charge is 0.465 e. The standard InChI is InChI=1S/C14H16FNO4/c1-3-19-12(17)14(13(18)20-4-2)5-9-7-16-8-11(15)10(9)6-14/h7-8H,3-6H2,1-2H3. The fourth-order valence-corrected chi connectivity index (χ4v) is 2.45. The maximum atomic E-state index is 13.8. The van der Waals surface area contributed by atoms with Crippen LogP contribution in [-0.4, -0.2) is 30.1 Å². The summed E-state index contributed by atoms with van der Waals surface area (Å²) in [6.45, 7) is 3.61. The van der Waals surface area contributed by atoms with Crippen LogP contribution in [0.2, 0.25) is 0 Å². The van der Waals surface area contributed by atoms with Crippen LogP contribution < -0.4 is 0 Å². The normalized spacial score (nSPS) is 15.6. The lowest BCUT2D eigenvalue weighted by molar-refractivity contribution is -0.171. The van der Waals surface area contributed by atoms with Crippen LogP contribution in [0, 0.1) is 11.2 Å². The summed E-state index contributed by atoms with van der Waals surface area (Å²) in [6, 6.07) is 0. The Labute approximate surface area is 116 Å². The maximum absolute atomic E-state index is 13.8. The molecule has 0 atom stereocenters. The van der Waals surface area contributed by atoms with Crippen molar-refractivity contribution in [2.75, 3.05) is 13.2 Å². The van der Waals surface area contributed by atoms with Crippen molar-refractivity contribution in [1.82, 2.24) is 4.98 Å². The van der Waals surface area contributed by atoms with Gasteiger partial charge in [-0.15, -0.1) is 0 Å². The van der Waals surface area contributed by atoms with Gasteiger partial charge < -0.3 is 9.47 Å². The molecule has 0 amide bonds. The fourth-order valence-electron chi connectivity index (χ4n) is 2.45. The van der Waals surface area contributed by atoms with Crippen LogP contribution in [0.3, 0.4) is 0 Å². The first-order valence-electron chi connectivity index (χ1n) is 6.51. The van der Waals surface area contributed by atoms with E-state index in [0.717, 1.165) is 6.20 Å². The van der Waals surface area contributed by atoms with E-state index in [2.05, 4.69) is 4.98 Å². The van der Waals surface area contributed by atoms with Gasteiger partial charge in [-0.25, -0.2) is 4.39 Å². The number of nitrogens with zero attached hydrogens (tertiary/aromatic N) is 1. The van der Waals surface area contributed by atoms with Gasteiger partial charge in [0.25, 0.3) is 0 Å². The third-order valence-electron chi connectivity index (χ3n) is 3.40. The van der Waals surface area contributed by atoms with Gasteiger partial charge in [0.15, 0.2) is 5.41 Å². The third-order valence-corrected chi connectivity index (χ3v) is 3.40. The fraction of sp³-hybridized carbons (Fsp3) is 0.500. The molecule has 1 aliphatic carbocycles. The van der Waals surface area contributed by atoms with Gasteiger partial charge in [-0.3, -0.25) is 14.6 Å². The topological polar surface area (TPSA) is 65.5 Å². The quantitative estimate of drug-likeness (QED) is 0.617. The summed E-state index contributed by atoms with van der Waals surface area (Å²) >= 11 is 0. The second kappa shape index (κ2) is 5.56. The number of carbonyl (C=O) groups is 2. The summed E-state index contributed by atoms with van der Waals surface area (Å²) in [5.74, 6) is -1.86. The molecule has 108 valence electrons. The summed E-state index contributed by atoms with van der Waals surface area (Å²) in [5.41, 5.74) is -0.606. The van der Waals surface area contributed by atoms with Crippen LogP contribution in [0.5, 0.6) is 0 Å². The van der Waals surface area contributed by atoms with Crippen LogP contribution in [0.15, 0.2) is 12.4 Å². The number of pyridine rings is 1. The number of fused-ring (bicyclic) bond motifs is 1. The molecule has 0 saturated heterocycles. The maximum Gasteiger partial charge on any atom is 0.324 e. The Bertz CT molecular complexity index is 526. The van der Waals surface area contributed by atoms with E-state index < -0.39 is 23.2 Å². The highest BCUT2D eigenvalue weighted by atomic mass is 19.1. The minimum Gasteiger partial charge on any atom is -0.465 e. The highest BCUT2D eigenvalue weighted by Gasteiger charge is 2.53. The Morgan fingerprint density at radius 2 is 1.80 bits per heavy atom. The van der Waals surface area contributed by atoms with Gasteiger partial charge in [0.2, 0.25) is 0 Å². The Morgan fingerprint density at radius 3 is 2.30 bits per heavy atom. The van der Waals surface area contributed by atoms with Crippen molar-refractivity contribution in [2.24, 2.45) is 5.41 Å². The van der Waals surface area contributed by atoms with Crippen molar-refractivity contribution in [3.05, 3.63) is 29.3 Å². The molecule has 0 spiro atoms. The van der Waals surface area contributed by atoms with Crippen LogP contribution >= 0.6 is 0 Å². The lowest BCUT2D eigenvalue weighted by Crippen LogP contribution is -2.43. The highest BCUT2D eigenvalue weighted by Crippen LogP contribution is 2.40. The number of carbonyl (C=O) groups excluding carboxylic acids is 2. The average molecular weight is 281 g/mol. The van der Waals surface area contributed by atoms with E-state index in [1.807, 2.05) is 0 Å². The SMILES string of the molecule is CCOC(=O)C1(C(=O)OCC)Cc2cncc(F)c2C1. The lowest BCUT2D eigenvalue weighted by Gasteiger charge is -2.23. The monoisotopic (exact) mass is 281 g/mol. The van der Waals surface area contributed by atoms with Crippen LogP contribution in [0.4, 0.5) is 4.39 Å². The molecule has 0 aliphatic heterocycles. The summed E-state index contributed by atoms with van der Waals surface area (Å²) in [6.07, 6.45) is 2.56. The molecule has 0 saturated carbocycles. The molecular formula is C14H16FNO4. The van der Waals surface area contributed by atoms with E-state index in [1.165, 1.54) is 6.20 Å². The first-order chi connectivity index (χ1) is 9.55. The molecule has 0 radical (unpaired) electrons. The minimum atomic E-state index is -1.49. The van der Waals surface area contributed by atoms with E-state index in [4.69, 9.17) is 9.47 Å². The molecular weight excluding hydrogens is 265 g/mol. The van der Waals surface area contributed by atoms with Gasteiger partial charge in [-0.05, 0) is 25.0 Å². The Balaban J connectivity index is 2.40. The predicted octanol–water partition coefficient (Wildman–Crippen LogP) is 1.43. The van der Waals surface area contributed by atoms with Gasteiger partial charge in [-0.1, -0.05) is 0 Å². The Kier molecular flexibility index (Phi) is 4.01.